The van der Waals surface area contributed by atoms with Gasteiger partial charge < -0.3 is 15.3 Å². The molecule has 1 saturated heterocycles. The van der Waals surface area contributed by atoms with Crippen molar-refractivity contribution in [2.45, 2.75) is 39.3 Å². The molecule has 0 radical (unpaired) electrons. The van der Waals surface area contributed by atoms with E-state index in [0.717, 1.165) is 18.0 Å². The number of amides is 3. The fourth-order valence-corrected chi connectivity index (χ4v) is 2.13. The van der Waals surface area contributed by atoms with E-state index in [1.165, 1.54) is 4.90 Å². The maximum Gasteiger partial charge on any atom is 0.325 e. The van der Waals surface area contributed by atoms with Gasteiger partial charge in [-0.05, 0) is 27.7 Å². The van der Waals surface area contributed by atoms with Crippen LogP contribution in [-0.4, -0.2) is 59.8 Å². The number of carbonyl (C=O) groups excluding carboxylic acids is 2. The molecule has 1 heterocycles. The van der Waals surface area contributed by atoms with Gasteiger partial charge in [0.05, 0.1) is 19.6 Å². The third-order valence-corrected chi connectivity index (χ3v) is 3.36. The molecule has 0 aromatic carbocycles. The summed E-state index contributed by atoms with van der Waals surface area (Å²) in [6, 6.07) is -0.418. The van der Waals surface area contributed by atoms with E-state index < -0.39 is 17.7 Å². The van der Waals surface area contributed by atoms with Crippen molar-refractivity contribution in [2.75, 3.05) is 26.2 Å². The van der Waals surface area contributed by atoms with E-state index in [1.54, 1.807) is 13.8 Å². The first-order chi connectivity index (χ1) is 8.31. The Morgan fingerprint density at radius 1 is 1.33 bits per heavy atom. The van der Waals surface area contributed by atoms with Crippen LogP contribution in [0.3, 0.4) is 0 Å². The molecule has 6 heteroatoms. The number of aliphatic hydroxyl groups is 1. The molecule has 0 saturated carbocycles. The van der Waals surface area contributed by atoms with Crippen molar-refractivity contribution >= 4 is 11.9 Å². The summed E-state index contributed by atoms with van der Waals surface area (Å²) in [5, 5.41) is 12.6. The number of imide groups is 1. The Hall–Kier alpha value is -1.14. The average Bonchev–Trinajstić information content (AvgIpc) is 2.48. The molecule has 3 N–H and O–H groups in total. The molecule has 0 unspecified atom stereocenters. The van der Waals surface area contributed by atoms with Crippen LogP contribution < -0.4 is 10.2 Å². The Kier molecular flexibility index (Phi) is 4.70. The summed E-state index contributed by atoms with van der Waals surface area (Å²) in [6.45, 7) is 9.86. The zero-order valence-electron chi connectivity index (χ0n) is 11.6. The first-order valence-electron chi connectivity index (χ1n) is 6.47. The molecule has 6 nitrogen and oxygen atoms in total. The van der Waals surface area contributed by atoms with Crippen LogP contribution >= 0.6 is 0 Å². The predicted molar refractivity (Wildman–Crippen MR) is 67.2 cm³/mol. The molecular formula is C12H24N3O3+. The second-order valence-electron chi connectivity index (χ2n) is 5.29. The maximum atomic E-state index is 11.9. The van der Waals surface area contributed by atoms with E-state index in [-0.39, 0.29) is 12.5 Å². The highest BCUT2D eigenvalue weighted by Crippen LogP contribution is 2.16. The van der Waals surface area contributed by atoms with Gasteiger partial charge in [0.15, 0.2) is 0 Å². The lowest BCUT2D eigenvalue weighted by atomic mass is 10.1. The molecule has 0 aliphatic carbocycles. The van der Waals surface area contributed by atoms with Gasteiger partial charge in [-0.1, -0.05) is 0 Å². The van der Waals surface area contributed by atoms with E-state index in [1.807, 2.05) is 13.8 Å². The van der Waals surface area contributed by atoms with Crippen LogP contribution in [0.5, 0.6) is 0 Å². The standard InChI is InChI=1S/C12H23N3O3/c1-5-14(6-2)7-9(16)8-15-10(17)12(3,4)13-11(15)18/h9,16H,5-8H2,1-4H3,(H,13,18)/p+1/t9-/m0/s1. The molecule has 104 valence electrons. The summed E-state index contributed by atoms with van der Waals surface area (Å²) < 4.78 is 0. The van der Waals surface area contributed by atoms with Crippen molar-refractivity contribution < 1.29 is 19.6 Å². The number of hydrogen-bond acceptors (Lipinski definition) is 3. The number of nitrogens with zero attached hydrogens (tertiary/aromatic N) is 1. The number of rotatable bonds is 6. The molecule has 18 heavy (non-hydrogen) atoms. The number of urea groups is 1. The van der Waals surface area contributed by atoms with Crippen molar-refractivity contribution in [1.29, 1.82) is 0 Å². The van der Waals surface area contributed by atoms with Crippen LogP contribution in [0.2, 0.25) is 0 Å². The van der Waals surface area contributed by atoms with E-state index in [0.29, 0.717) is 6.54 Å². The average molecular weight is 258 g/mol. The summed E-state index contributed by atoms with van der Waals surface area (Å²) in [7, 11) is 0. The van der Waals surface area contributed by atoms with Gasteiger partial charge in [-0.3, -0.25) is 9.69 Å². The molecule has 1 rings (SSSR count). The highest BCUT2D eigenvalue weighted by molar-refractivity contribution is 6.06. The monoisotopic (exact) mass is 258 g/mol. The number of hydrogen-bond donors (Lipinski definition) is 3. The van der Waals surface area contributed by atoms with E-state index in [9.17, 15) is 14.7 Å². The molecule has 1 aliphatic heterocycles. The van der Waals surface area contributed by atoms with Gasteiger partial charge in [0.25, 0.3) is 5.91 Å². The van der Waals surface area contributed by atoms with Crippen molar-refractivity contribution in [3.8, 4) is 0 Å². The third kappa shape index (κ3) is 3.20. The van der Waals surface area contributed by atoms with E-state index in [4.69, 9.17) is 0 Å². The molecule has 0 bridgehead atoms. The van der Waals surface area contributed by atoms with Crippen molar-refractivity contribution in [3.05, 3.63) is 0 Å². The number of nitrogens with one attached hydrogen (secondary N) is 2. The number of likely N-dealkylation sites (N-methyl/N-ethyl adjacent to an activating group) is 1. The van der Waals surface area contributed by atoms with Crippen molar-refractivity contribution in [1.82, 2.24) is 10.2 Å². The molecule has 1 atom stereocenters. The Bertz CT molecular complexity index is 327. The van der Waals surface area contributed by atoms with Crippen molar-refractivity contribution in [2.24, 2.45) is 0 Å². The van der Waals surface area contributed by atoms with Gasteiger partial charge >= 0.3 is 6.03 Å². The lowest BCUT2D eigenvalue weighted by molar-refractivity contribution is -0.899. The van der Waals surface area contributed by atoms with Gasteiger partial charge in [0.1, 0.15) is 18.2 Å². The second-order valence-corrected chi connectivity index (χ2v) is 5.29. The zero-order chi connectivity index (χ0) is 13.9. The highest BCUT2D eigenvalue weighted by Gasteiger charge is 2.44. The number of quaternary nitrogens is 1. The van der Waals surface area contributed by atoms with E-state index >= 15 is 0 Å². The molecule has 0 aromatic rings. The highest BCUT2D eigenvalue weighted by atomic mass is 16.3. The van der Waals surface area contributed by atoms with Gasteiger partial charge in [0, 0.05) is 0 Å². The summed E-state index contributed by atoms with van der Waals surface area (Å²) in [5.41, 5.74) is -0.862. The Morgan fingerprint density at radius 2 is 1.89 bits per heavy atom. The van der Waals surface area contributed by atoms with Gasteiger partial charge in [-0.2, -0.15) is 0 Å². The van der Waals surface area contributed by atoms with Crippen LogP contribution in [0.15, 0.2) is 0 Å². The molecule has 1 fully saturated rings. The van der Waals surface area contributed by atoms with Gasteiger partial charge in [0.2, 0.25) is 0 Å². The number of aliphatic hydroxyl groups excluding tert-OH is 1. The molecule has 3 amide bonds. The van der Waals surface area contributed by atoms with Crippen LogP contribution in [-0.2, 0) is 4.79 Å². The fourth-order valence-electron chi connectivity index (χ4n) is 2.13. The summed E-state index contributed by atoms with van der Waals surface area (Å²) in [5.74, 6) is -0.277. The van der Waals surface area contributed by atoms with Crippen LogP contribution in [0.4, 0.5) is 4.79 Å². The molecule has 0 aromatic heterocycles. The normalized spacial score (nSPS) is 20.4. The van der Waals surface area contributed by atoms with Gasteiger partial charge in [-0.15, -0.1) is 0 Å². The smallest absolute Gasteiger partial charge is 0.325 e. The Balaban J connectivity index is 2.57. The predicted octanol–water partition coefficient (Wildman–Crippen LogP) is -1.40. The zero-order valence-corrected chi connectivity index (χ0v) is 11.6. The quantitative estimate of drug-likeness (QED) is 0.513. The minimum atomic E-state index is -0.862. The Labute approximate surface area is 108 Å². The summed E-state index contributed by atoms with van der Waals surface area (Å²) in [4.78, 5) is 25.9. The first kappa shape index (κ1) is 14.9. The van der Waals surface area contributed by atoms with Crippen LogP contribution in [0, 0.1) is 0 Å². The molecule has 1 aliphatic rings. The second kappa shape index (κ2) is 5.67. The number of carbonyl (C=O) groups is 2. The van der Waals surface area contributed by atoms with E-state index in [2.05, 4.69) is 5.32 Å². The van der Waals surface area contributed by atoms with Crippen molar-refractivity contribution in [3.63, 3.8) is 0 Å². The fraction of sp³-hybridized carbons (Fsp3) is 0.833. The third-order valence-electron chi connectivity index (χ3n) is 3.36. The van der Waals surface area contributed by atoms with Crippen LogP contribution in [0.25, 0.3) is 0 Å². The summed E-state index contributed by atoms with van der Waals surface area (Å²) >= 11 is 0. The first-order valence-corrected chi connectivity index (χ1v) is 6.47. The topological polar surface area (TPSA) is 74.1 Å². The maximum absolute atomic E-state index is 11.9. The largest absolute Gasteiger partial charge is 0.385 e. The Morgan fingerprint density at radius 3 is 2.28 bits per heavy atom. The van der Waals surface area contributed by atoms with Gasteiger partial charge in [-0.25, -0.2) is 4.79 Å². The lowest BCUT2D eigenvalue weighted by Crippen LogP contribution is -3.12. The molecule has 0 spiro atoms. The summed E-state index contributed by atoms with van der Waals surface area (Å²) in [6.07, 6.45) is -0.677. The SMILES string of the molecule is CC[NH+](CC)C[C@H](O)CN1C(=O)NC(C)(C)C1=O. The minimum Gasteiger partial charge on any atom is -0.385 e. The minimum absolute atomic E-state index is 0.0671. The number of β-amino-alcohol motifs (C(OH)–C–C–N with tert-alkyl or cyclic N) is 1. The lowest BCUT2D eigenvalue weighted by Gasteiger charge is -2.22. The van der Waals surface area contributed by atoms with Crippen LogP contribution in [0.1, 0.15) is 27.7 Å². The molecular weight excluding hydrogens is 234 g/mol.